The molecule has 4 aromatic rings. The summed E-state index contributed by atoms with van der Waals surface area (Å²) in [5.41, 5.74) is 0.263. The smallest absolute Gasteiger partial charge is 0.296 e. The molecule has 9 heteroatoms. The van der Waals surface area contributed by atoms with E-state index in [0.29, 0.717) is 10.8 Å². The lowest BCUT2D eigenvalue weighted by atomic mass is 10.1. The highest BCUT2D eigenvalue weighted by Gasteiger charge is 2.18. The molecule has 0 spiro atoms. The number of rotatable bonds is 5. The van der Waals surface area contributed by atoms with Gasteiger partial charge < -0.3 is 5.11 Å². The first-order valence-corrected chi connectivity index (χ1v) is 11.3. The van der Waals surface area contributed by atoms with Crippen molar-refractivity contribution >= 4 is 49.7 Å². The van der Waals surface area contributed by atoms with Crippen LogP contribution in [-0.4, -0.2) is 19.4 Å². The minimum absolute atomic E-state index is 0.0742. The van der Waals surface area contributed by atoms with Crippen LogP contribution in [0.5, 0.6) is 5.75 Å². The maximum Gasteiger partial charge on any atom is 0.296 e. The van der Waals surface area contributed by atoms with Gasteiger partial charge in [0.15, 0.2) is 5.75 Å². The normalized spacial score (nSPS) is 11.7. The van der Waals surface area contributed by atoms with Gasteiger partial charge >= 0.3 is 0 Å². The van der Waals surface area contributed by atoms with Crippen molar-refractivity contribution in [1.29, 1.82) is 0 Å². The van der Waals surface area contributed by atoms with Crippen LogP contribution < -0.4 is 4.72 Å². The van der Waals surface area contributed by atoms with E-state index >= 15 is 0 Å². The molecule has 4 aromatic carbocycles. The quantitative estimate of drug-likeness (QED) is 0.281. The fourth-order valence-corrected chi connectivity index (χ4v) is 4.41. The van der Waals surface area contributed by atoms with Crippen molar-refractivity contribution in [2.24, 2.45) is 10.2 Å². The molecule has 0 radical (unpaired) electrons. The molecule has 0 aromatic heterocycles. The number of phenolic OH excluding ortho intramolecular Hbond substituents is 1. The van der Waals surface area contributed by atoms with E-state index in [1.807, 2.05) is 0 Å². The SMILES string of the molecule is O=C(N=Nc1cc(NS(=O)(=O)c2ccccc2)c2ccccc2c1O)c1ccccc1Cl. The lowest BCUT2D eigenvalue weighted by molar-refractivity contribution is 0.0995. The minimum atomic E-state index is -3.90. The molecule has 1 amide bonds. The van der Waals surface area contributed by atoms with Crippen LogP contribution >= 0.6 is 11.6 Å². The molecule has 7 nitrogen and oxygen atoms in total. The summed E-state index contributed by atoms with van der Waals surface area (Å²) < 4.78 is 28.2. The molecule has 0 bridgehead atoms. The van der Waals surface area contributed by atoms with Gasteiger partial charge in [0.1, 0.15) is 5.69 Å². The second-order valence-corrected chi connectivity index (χ2v) is 8.83. The summed E-state index contributed by atoms with van der Waals surface area (Å²) in [6, 6.07) is 22.2. The first kappa shape index (κ1) is 21.5. The molecule has 2 N–H and O–H groups in total. The number of aromatic hydroxyl groups is 1. The summed E-state index contributed by atoms with van der Waals surface area (Å²) in [5.74, 6) is -0.937. The monoisotopic (exact) mass is 465 g/mol. The standard InChI is InChI=1S/C23H16ClN3O4S/c24-19-13-7-6-12-18(19)23(29)26-25-21-14-20(16-10-4-5-11-17(16)22(21)28)27-32(30,31)15-8-2-1-3-9-15/h1-14,27-28H. The van der Waals surface area contributed by atoms with E-state index in [0.717, 1.165) is 0 Å². The number of carbonyl (C=O) groups excluding carboxylic acids is 1. The van der Waals surface area contributed by atoms with Gasteiger partial charge in [-0.15, -0.1) is 10.2 Å². The Morgan fingerprint density at radius 2 is 1.50 bits per heavy atom. The van der Waals surface area contributed by atoms with Crippen LogP contribution in [0.25, 0.3) is 10.8 Å². The lowest BCUT2D eigenvalue weighted by Crippen LogP contribution is -2.13. The van der Waals surface area contributed by atoms with E-state index in [9.17, 15) is 18.3 Å². The van der Waals surface area contributed by atoms with Crippen LogP contribution in [0.4, 0.5) is 11.4 Å². The maximum atomic E-state index is 12.8. The van der Waals surface area contributed by atoms with Gasteiger partial charge in [-0.25, -0.2) is 8.42 Å². The van der Waals surface area contributed by atoms with E-state index in [1.54, 1.807) is 60.7 Å². The Morgan fingerprint density at radius 1 is 0.875 bits per heavy atom. The van der Waals surface area contributed by atoms with Crippen molar-refractivity contribution in [3.8, 4) is 5.75 Å². The Kier molecular flexibility index (Phi) is 5.89. The Labute approximate surface area is 189 Å². The number of benzene rings is 4. The molecule has 0 aliphatic heterocycles. The average molecular weight is 466 g/mol. The van der Waals surface area contributed by atoms with Crippen LogP contribution in [0.15, 0.2) is 100 Å². The first-order chi connectivity index (χ1) is 15.4. The molecule has 32 heavy (non-hydrogen) atoms. The molecule has 0 unspecified atom stereocenters. The highest BCUT2D eigenvalue weighted by molar-refractivity contribution is 7.92. The Bertz CT molecular complexity index is 1460. The van der Waals surface area contributed by atoms with E-state index in [1.165, 1.54) is 24.3 Å². The first-order valence-electron chi connectivity index (χ1n) is 9.40. The van der Waals surface area contributed by atoms with Crippen molar-refractivity contribution in [2.45, 2.75) is 4.90 Å². The van der Waals surface area contributed by atoms with Crippen LogP contribution in [0.1, 0.15) is 10.4 Å². The van der Waals surface area contributed by atoms with Crippen LogP contribution in [0.2, 0.25) is 5.02 Å². The van der Waals surface area contributed by atoms with Crippen LogP contribution in [0, 0.1) is 0 Å². The zero-order chi connectivity index (χ0) is 22.7. The number of amides is 1. The van der Waals surface area contributed by atoms with Gasteiger partial charge in [-0.1, -0.05) is 66.2 Å². The number of nitrogens with zero attached hydrogens (tertiary/aromatic N) is 2. The van der Waals surface area contributed by atoms with Gasteiger partial charge in [-0.3, -0.25) is 9.52 Å². The number of hydrogen-bond donors (Lipinski definition) is 2. The van der Waals surface area contributed by atoms with Gasteiger partial charge in [0.25, 0.3) is 15.9 Å². The summed E-state index contributed by atoms with van der Waals surface area (Å²) >= 11 is 6.02. The Morgan fingerprint density at radius 3 is 2.22 bits per heavy atom. The molecule has 0 fully saturated rings. The van der Waals surface area contributed by atoms with Crippen molar-refractivity contribution in [3.63, 3.8) is 0 Å². The minimum Gasteiger partial charge on any atom is -0.505 e. The number of anilines is 1. The van der Waals surface area contributed by atoms with Crippen molar-refractivity contribution in [2.75, 3.05) is 4.72 Å². The van der Waals surface area contributed by atoms with Gasteiger partial charge in [0.2, 0.25) is 0 Å². The lowest BCUT2D eigenvalue weighted by Gasteiger charge is -2.13. The zero-order valence-electron chi connectivity index (χ0n) is 16.4. The van der Waals surface area contributed by atoms with E-state index in [2.05, 4.69) is 15.0 Å². The van der Waals surface area contributed by atoms with E-state index in [4.69, 9.17) is 11.6 Å². The van der Waals surface area contributed by atoms with Crippen LogP contribution in [-0.2, 0) is 10.0 Å². The third kappa shape index (κ3) is 4.32. The van der Waals surface area contributed by atoms with Gasteiger partial charge in [0, 0.05) is 10.8 Å². The van der Waals surface area contributed by atoms with Gasteiger partial charge in [0.05, 0.1) is 21.2 Å². The number of phenols is 1. The molecule has 0 saturated carbocycles. The Balaban J connectivity index is 1.77. The number of carbonyl (C=O) groups is 1. The second kappa shape index (κ2) is 8.78. The summed E-state index contributed by atoms with van der Waals surface area (Å²) in [4.78, 5) is 12.5. The van der Waals surface area contributed by atoms with Crippen molar-refractivity contribution in [1.82, 2.24) is 0 Å². The topological polar surface area (TPSA) is 108 Å². The third-order valence-electron chi connectivity index (χ3n) is 4.65. The molecule has 4 rings (SSSR count). The molecule has 0 aliphatic rings. The predicted molar refractivity (Wildman–Crippen MR) is 123 cm³/mol. The molecular formula is C23H16ClN3O4S. The number of azo groups is 1. The summed E-state index contributed by atoms with van der Waals surface area (Å²) in [6.07, 6.45) is 0. The molecule has 0 atom stereocenters. The summed E-state index contributed by atoms with van der Waals surface area (Å²) in [6.45, 7) is 0. The fourth-order valence-electron chi connectivity index (χ4n) is 3.10. The van der Waals surface area contributed by atoms with Crippen LogP contribution in [0.3, 0.4) is 0 Å². The molecule has 0 aliphatic carbocycles. The number of sulfonamides is 1. The average Bonchev–Trinajstić information content (AvgIpc) is 2.80. The van der Waals surface area contributed by atoms with E-state index < -0.39 is 15.9 Å². The largest absolute Gasteiger partial charge is 0.505 e. The third-order valence-corrected chi connectivity index (χ3v) is 6.36. The number of halogens is 1. The van der Waals surface area contributed by atoms with Gasteiger partial charge in [-0.2, -0.15) is 0 Å². The molecular weight excluding hydrogens is 450 g/mol. The number of hydrogen-bond acceptors (Lipinski definition) is 5. The summed E-state index contributed by atoms with van der Waals surface area (Å²) in [7, 11) is -3.90. The van der Waals surface area contributed by atoms with Crippen molar-refractivity contribution in [3.05, 3.63) is 95.5 Å². The highest BCUT2D eigenvalue weighted by atomic mass is 35.5. The number of nitrogens with one attached hydrogen (secondary N) is 1. The molecule has 0 heterocycles. The Hall–Kier alpha value is -3.75. The molecule has 0 saturated heterocycles. The predicted octanol–water partition coefficient (Wildman–Crippen LogP) is 5.92. The second-order valence-electron chi connectivity index (χ2n) is 6.74. The maximum absolute atomic E-state index is 12.8. The van der Waals surface area contributed by atoms with E-state index in [-0.39, 0.29) is 32.6 Å². The fraction of sp³-hybridized carbons (Fsp3) is 0. The summed E-state index contributed by atoms with van der Waals surface area (Å²) in [5, 5.41) is 19.2. The molecule has 160 valence electrons. The number of fused-ring (bicyclic) bond motifs is 1. The highest BCUT2D eigenvalue weighted by Crippen LogP contribution is 2.40. The van der Waals surface area contributed by atoms with Crippen molar-refractivity contribution < 1.29 is 18.3 Å². The van der Waals surface area contributed by atoms with Gasteiger partial charge in [-0.05, 0) is 30.3 Å². The zero-order valence-corrected chi connectivity index (χ0v) is 18.0.